The summed E-state index contributed by atoms with van der Waals surface area (Å²) in [5.41, 5.74) is 4.56. The molecular formula is C26H30N2O5. The number of hydrogen-bond acceptors (Lipinski definition) is 4. The number of aliphatic carboxylic acids is 1. The van der Waals surface area contributed by atoms with Gasteiger partial charge in [0, 0.05) is 12.0 Å². The van der Waals surface area contributed by atoms with Gasteiger partial charge in [-0.2, -0.15) is 0 Å². The third-order valence-electron chi connectivity index (χ3n) is 6.95. The molecular weight excluding hydrogens is 420 g/mol. The number of amides is 2. The summed E-state index contributed by atoms with van der Waals surface area (Å²) >= 11 is 0. The quantitative estimate of drug-likeness (QED) is 0.565. The van der Waals surface area contributed by atoms with Crippen LogP contribution in [0.1, 0.15) is 50.2 Å². The SMILES string of the molecule is CCC(C)[C@H](NC(=O)OCC1c2ccccc2-c2ccccc21)C(=O)NC1CC(C(=O)O)C1. The number of benzene rings is 2. The van der Waals surface area contributed by atoms with E-state index in [4.69, 9.17) is 9.84 Å². The highest BCUT2D eigenvalue weighted by Gasteiger charge is 2.37. The molecule has 0 bridgehead atoms. The molecule has 0 spiro atoms. The Kier molecular flexibility index (Phi) is 6.67. The van der Waals surface area contributed by atoms with Gasteiger partial charge in [-0.25, -0.2) is 4.79 Å². The first kappa shape index (κ1) is 22.8. The Balaban J connectivity index is 1.37. The molecule has 4 rings (SSSR count). The third kappa shape index (κ3) is 4.72. The highest BCUT2D eigenvalue weighted by atomic mass is 16.5. The molecule has 2 aromatic rings. The zero-order valence-electron chi connectivity index (χ0n) is 18.9. The molecule has 2 aliphatic carbocycles. The number of fused-ring (bicyclic) bond motifs is 3. The van der Waals surface area contributed by atoms with Crippen LogP contribution in [0.4, 0.5) is 4.79 Å². The second-order valence-electron chi connectivity index (χ2n) is 9.05. The molecule has 1 saturated carbocycles. The van der Waals surface area contributed by atoms with E-state index in [0.29, 0.717) is 19.3 Å². The van der Waals surface area contributed by atoms with E-state index in [1.54, 1.807) is 0 Å². The zero-order valence-corrected chi connectivity index (χ0v) is 18.9. The lowest BCUT2D eigenvalue weighted by atomic mass is 9.80. The fourth-order valence-corrected chi connectivity index (χ4v) is 4.70. The number of alkyl carbamates (subject to hydrolysis) is 1. The van der Waals surface area contributed by atoms with Gasteiger partial charge in [0.15, 0.2) is 0 Å². The summed E-state index contributed by atoms with van der Waals surface area (Å²) in [5, 5.41) is 14.6. The van der Waals surface area contributed by atoms with E-state index >= 15 is 0 Å². The molecule has 2 aromatic carbocycles. The number of ether oxygens (including phenoxy) is 1. The van der Waals surface area contributed by atoms with Crippen molar-refractivity contribution < 1.29 is 24.2 Å². The molecule has 0 aliphatic heterocycles. The highest BCUT2D eigenvalue weighted by Crippen LogP contribution is 2.44. The van der Waals surface area contributed by atoms with Crippen molar-refractivity contribution in [3.8, 4) is 11.1 Å². The number of carboxylic acids is 1. The van der Waals surface area contributed by atoms with E-state index < -0.39 is 24.0 Å². The van der Waals surface area contributed by atoms with Crippen LogP contribution in [0.5, 0.6) is 0 Å². The Morgan fingerprint density at radius 1 is 1.03 bits per heavy atom. The molecule has 0 radical (unpaired) electrons. The summed E-state index contributed by atoms with van der Waals surface area (Å²) in [6.45, 7) is 4.03. The lowest BCUT2D eigenvalue weighted by Crippen LogP contribution is -2.55. The molecule has 0 aromatic heterocycles. The van der Waals surface area contributed by atoms with Crippen molar-refractivity contribution in [3.05, 3.63) is 59.7 Å². The van der Waals surface area contributed by atoms with Crippen LogP contribution in [0.15, 0.2) is 48.5 Å². The second kappa shape index (κ2) is 9.65. The largest absolute Gasteiger partial charge is 0.481 e. The molecule has 7 nitrogen and oxygen atoms in total. The van der Waals surface area contributed by atoms with Crippen LogP contribution in [0.2, 0.25) is 0 Å². The van der Waals surface area contributed by atoms with Gasteiger partial charge in [-0.15, -0.1) is 0 Å². The maximum Gasteiger partial charge on any atom is 0.407 e. The fourth-order valence-electron chi connectivity index (χ4n) is 4.70. The molecule has 2 amide bonds. The predicted octanol–water partition coefficient (Wildman–Crippen LogP) is 3.92. The van der Waals surface area contributed by atoms with Crippen LogP contribution in [0.3, 0.4) is 0 Å². The number of carbonyl (C=O) groups excluding carboxylic acids is 2. The van der Waals surface area contributed by atoms with Crippen LogP contribution in [-0.4, -0.2) is 41.8 Å². The lowest BCUT2D eigenvalue weighted by Gasteiger charge is -2.34. The minimum Gasteiger partial charge on any atom is -0.481 e. The fraction of sp³-hybridized carbons (Fsp3) is 0.423. The average Bonchev–Trinajstić information content (AvgIpc) is 3.11. The third-order valence-corrected chi connectivity index (χ3v) is 6.95. The number of carbonyl (C=O) groups is 3. The van der Waals surface area contributed by atoms with Gasteiger partial charge in [-0.3, -0.25) is 9.59 Å². The van der Waals surface area contributed by atoms with E-state index in [1.165, 1.54) is 0 Å². The van der Waals surface area contributed by atoms with E-state index in [2.05, 4.69) is 34.9 Å². The summed E-state index contributed by atoms with van der Waals surface area (Å²) in [6, 6.07) is 15.3. The Bertz CT molecular complexity index is 1000. The zero-order chi connectivity index (χ0) is 23.5. The Morgan fingerprint density at radius 2 is 1.61 bits per heavy atom. The van der Waals surface area contributed by atoms with Gasteiger partial charge in [0.25, 0.3) is 0 Å². The van der Waals surface area contributed by atoms with Gasteiger partial charge in [0.05, 0.1) is 5.92 Å². The molecule has 0 saturated heterocycles. The molecule has 1 unspecified atom stereocenters. The van der Waals surface area contributed by atoms with Gasteiger partial charge >= 0.3 is 12.1 Å². The lowest BCUT2D eigenvalue weighted by molar-refractivity contribution is -0.146. The summed E-state index contributed by atoms with van der Waals surface area (Å²) in [6.07, 6.45) is 0.900. The Labute approximate surface area is 193 Å². The maximum atomic E-state index is 12.8. The van der Waals surface area contributed by atoms with Gasteiger partial charge in [-0.1, -0.05) is 68.8 Å². The van der Waals surface area contributed by atoms with Gasteiger partial charge in [0.1, 0.15) is 12.6 Å². The van der Waals surface area contributed by atoms with Crippen LogP contribution >= 0.6 is 0 Å². The monoisotopic (exact) mass is 450 g/mol. The number of hydrogen-bond donors (Lipinski definition) is 3. The van der Waals surface area contributed by atoms with Crippen molar-refractivity contribution in [3.63, 3.8) is 0 Å². The number of nitrogens with one attached hydrogen (secondary N) is 2. The first-order chi connectivity index (χ1) is 15.9. The standard InChI is InChI=1S/C26H30N2O5/c1-3-15(2)23(24(29)27-17-12-16(13-17)25(30)31)28-26(32)33-14-22-20-10-6-4-8-18(20)19-9-5-7-11-21(19)22/h4-11,15-17,22-23H,3,12-14H2,1-2H3,(H,27,29)(H,28,32)(H,30,31)/t15?,16?,17?,23-/m0/s1. The average molecular weight is 451 g/mol. The molecule has 2 atom stereocenters. The molecule has 1 fully saturated rings. The maximum absolute atomic E-state index is 12.8. The minimum atomic E-state index is -0.837. The van der Waals surface area contributed by atoms with E-state index in [0.717, 1.165) is 22.3 Å². The Hall–Kier alpha value is -3.35. The Morgan fingerprint density at radius 3 is 2.15 bits per heavy atom. The van der Waals surface area contributed by atoms with Crippen molar-refractivity contribution >= 4 is 18.0 Å². The molecule has 7 heteroatoms. The minimum absolute atomic E-state index is 0.0537. The summed E-state index contributed by atoms with van der Waals surface area (Å²) in [7, 11) is 0. The van der Waals surface area contributed by atoms with E-state index in [1.807, 2.05) is 38.1 Å². The number of rotatable bonds is 8. The van der Waals surface area contributed by atoms with Gasteiger partial charge in [0.2, 0.25) is 5.91 Å². The van der Waals surface area contributed by atoms with Crippen LogP contribution in [-0.2, 0) is 14.3 Å². The first-order valence-corrected chi connectivity index (χ1v) is 11.5. The van der Waals surface area contributed by atoms with Crippen LogP contribution in [0.25, 0.3) is 11.1 Å². The molecule has 2 aliphatic rings. The normalized spacial score (nSPS) is 20.5. The van der Waals surface area contributed by atoms with Crippen LogP contribution < -0.4 is 10.6 Å². The van der Waals surface area contributed by atoms with Crippen molar-refractivity contribution in [2.75, 3.05) is 6.61 Å². The number of carboxylic acid groups (broad SMARTS) is 1. The first-order valence-electron chi connectivity index (χ1n) is 11.5. The topological polar surface area (TPSA) is 105 Å². The summed E-state index contributed by atoms with van der Waals surface area (Å²) in [4.78, 5) is 36.5. The van der Waals surface area contributed by atoms with Gasteiger partial charge < -0.3 is 20.5 Å². The summed E-state index contributed by atoms with van der Waals surface area (Å²) < 4.78 is 5.60. The predicted molar refractivity (Wildman–Crippen MR) is 124 cm³/mol. The molecule has 3 N–H and O–H groups in total. The van der Waals surface area contributed by atoms with Gasteiger partial charge in [-0.05, 0) is 41.0 Å². The van der Waals surface area contributed by atoms with Crippen molar-refractivity contribution in [1.82, 2.24) is 10.6 Å². The van der Waals surface area contributed by atoms with E-state index in [9.17, 15) is 14.4 Å². The molecule has 174 valence electrons. The molecule has 33 heavy (non-hydrogen) atoms. The van der Waals surface area contributed by atoms with Crippen LogP contribution in [0, 0.1) is 11.8 Å². The summed E-state index contributed by atoms with van der Waals surface area (Å²) in [5.74, 6) is -1.70. The molecule has 0 heterocycles. The van der Waals surface area contributed by atoms with E-state index in [-0.39, 0.29) is 30.4 Å². The smallest absolute Gasteiger partial charge is 0.407 e. The highest BCUT2D eigenvalue weighted by molar-refractivity contribution is 5.86. The second-order valence-corrected chi connectivity index (χ2v) is 9.05. The van der Waals surface area contributed by atoms with Crippen molar-refractivity contribution in [2.24, 2.45) is 11.8 Å². The van der Waals surface area contributed by atoms with Crippen molar-refractivity contribution in [2.45, 2.75) is 51.1 Å². The van der Waals surface area contributed by atoms with Crippen molar-refractivity contribution in [1.29, 1.82) is 0 Å².